The molecule has 3 aliphatic rings. The Morgan fingerprint density at radius 2 is 1.93 bits per heavy atom. The number of phenols is 1. The minimum atomic E-state index is -0.496. The maximum atomic E-state index is 13.7. The molecule has 2 unspecified atom stereocenters. The lowest BCUT2D eigenvalue weighted by atomic mass is 9.86. The molecule has 8 rings (SSSR count). The van der Waals surface area contributed by atoms with E-state index in [4.69, 9.17) is 4.98 Å². The number of phenolic OH excluding ortho intramolecular Hbond substituents is 1. The van der Waals surface area contributed by atoms with E-state index < -0.39 is 6.67 Å². The standard InChI is InChI=1S/C30H26F2N8O/c31-6-8-39-7-5-25(37-39)26-11-24-29(20(12-33)14-35-30(24)36-26)18-1-4-28(34-13-18)38-16-22-10-23(17-38)40(22)15-19-9-21(32)2-3-27(19)41/h1-5,7,9,11,13-14,22-23,41H,6,8,10,15-17H2,(H,35,36). The van der Waals surface area contributed by atoms with E-state index in [1.54, 1.807) is 23.3 Å². The molecule has 3 aliphatic heterocycles. The van der Waals surface area contributed by atoms with E-state index in [2.05, 4.69) is 30.9 Å². The van der Waals surface area contributed by atoms with Crippen molar-refractivity contribution in [3.63, 3.8) is 0 Å². The molecule has 206 valence electrons. The minimum absolute atomic E-state index is 0.119. The van der Waals surface area contributed by atoms with Crippen molar-refractivity contribution in [3.05, 3.63) is 78.0 Å². The summed E-state index contributed by atoms with van der Waals surface area (Å²) in [7, 11) is 0. The Labute approximate surface area is 234 Å². The third-order valence-corrected chi connectivity index (χ3v) is 8.11. The number of aromatic hydroxyl groups is 1. The van der Waals surface area contributed by atoms with Crippen LogP contribution < -0.4 is 4.90 Å². The minimum Gasteiger partial charge on any atom is -0.508 e. The first-order valence-electron chi connectivity index (χ1n) is 13.5. The molecular formula is C30H26F2N8O. The quantitative estimate of drug-likeness (QED) is 0.303. The number of hydrogen-bond donors (Lipinski definition) is 2. The fourth-order valence-corrected chi connectivity index (χ4v) is 6.06. The Bertz CT molecular complexity index is 1780. The van der Waals surface area contributed by atoms with E-state index in [-0.39, 0.29) is 18.1 Å². The summed E-state index contributed by atoms with van der Waals surface area (Å²) in [6, 6.07) is 14.6. The molecule has 2 bridgehead atoms. The van der Waals surface area contributed by atoms with Gasteiger partial charge in [0.1, 0.15) is 41.5 Å². The highest BCUT2D eigenvalue weighted by Crippen LogP contribution is 2.38. The van der Waals surface area contributed by atoms with Gasteiger partial charge in [-0.2, -0.15) is 10.4 Å². The number of piperazine rings is 1. The van der Waals surface area contributed by atoms with Crippen molar-refractivity contribution in [2.24, 2.45) is 0 Å². The monoisotopic (exact) mass is 552 g/mol. The number of halogens is 2. The maximum Gasteiger partial charge on any atom is 0.138 e. The number of nitrogens with zero attached hydrogens (tertiary/aromatic N) is 7. The van der Waals surface area contributed by atoms with Crippen LogP contribution in [0.3, 0.4) is 0 Å². The number of hydrogen-bond acceptors (Lipinski definition) is 7. The van der Waals surface area contributed by atoms with Crippen LogP contribution in [0.25, 0.3) is 33.5 Å². The Kier molecular flexibility index (Phi) is 6.12. The first kappa shape index (κ1) is 25.2. The van der Waals surface area contributed by atoms with Crippen LogP contribution in [0, 0.1) is 17.1 Å². The van der Waals surface area contributed by atoms with Gasteiger partial charge in [-0.25, -0.2) is 18.7 Å². The highest BCUT2D eigenvalue weighted by Gasteiger charge is 2.44. The van der Waals surface area contributed by atoms with E-state index in [1.165, 1.54) is 18.2 Å². The number of piperidine rings is 1. The predicted octanol–water partition coefficient (Wildman–Crippen LogP) is 4.64. The predicted molar refractivity (Wildman–Crippen MR) is 149 cm³/mol. The fraction of sp³-hybridized carbons (Fsp3) is 0.267. The number of aromatic amines is 1. The van der Waals surface area contributed by atoms with Crippen molar-refractivity contribution < 1.29 is 13.9 Å². The molecule has 3 saturated heterocycles. The fourth-order valence-electron chi connectivity index (χ4n) is 6.06. The lowest BCUT2D eigenvalue weighted by Crippen LogP contribution is -2.68. The first-order chi connectivity index (χ1) is 20.0. The largest absolute Gasteiger partial charge is 0.508 e. The topological polar surface area (TPSA) is 110 Å². The molecular weight excluding hydrogens is 526 g/mol. The third-order valence-electron chi connectivity index (χ3n) is 8.11. The molecule has 0 amide bonds. The number of nitriles is 1. The molecule has 1 aromatic carbocycles. The molecule has 11 heteroatoms. The third kappa shape index (κ3) is 4.46. The van der Waals surface area contributed by atoms with Crippen molar-refractivity contribution in [2.45, 2.75) is 31.6 Å². The summed E-state index contributed by atoms with van der Waals surface area (Å²) >= 11 is 0. The zero-order valence-corrected chi connectivity index (χ0v) is 22.0. The summed E-state index contributed by atoms with van der Waals surface area (Å²) in [5.41, 5.74) is 4.61. The molecule has 0 spiro atoms. The van der Waals surface area contributed by atoms with Crippen LogP contribution in [0.5, 0.6) is 5.75 Å². The molecule has 7 heterocycles. The SMILES string of the molecule is N#Cc1cnc2[nH]c(-c3ccn(CCF)n3)cc2c1-c1ccc(N2CC3CC(C2)N3Cc2cc(F)ccc2O)nc1. The molecule has 5 aromatic rings. The maximum absolute atomic E-state index is 13.7. The molecule has 2 N–H and O–H groups in total. The highest BCUT2D eigenvalue weighted by atomic mass is 19.1. The van der Waals surface area contributed by atoms with Crippen LogP contribution in [-0.4, -0.2) is 66.6 Å². The highest BCUT2D eigenvalue weighted by molar-refractivity contribution is 5.98. The van der Waals surface area contributed by atoms with Crippen LogP contribution in [0.2, 0.25) is 0 Å². The summed E-state index contributed by atoms with van der Waals surface area (Å²) in [4.78, 5) is 17.0. The molecule has 0 aliphatic carbocycles. The number of H-pyrrole nitrogens is 1. The number of benzene rings is 1. The Balaban J connectivity index is 1.12. The van der Waals surface area contributed by atoms with E-state index in [9.17, 15) is 19.1 Å². The molecule has 3 fully saturated rings. The first-order valence-corrected chi connectivity index (χ1v) is 13.5. The van der Waals surface area contributed by atoms with Gasteiger partial charge in [-0.3, -0.25) is 9.58 Å². The van der Waals surface area contributed by atoms with Crippen LogP contribution in [0.15, 0.2) is 61.1 Å². The summed E-state index contributed by atoms with van der Waals surface area (Å²) in [5.74, 6) is 0.628. The van der Waals surface area contributed by atoms with Gasteiger partial charge in [0.25, 0.3) is 0 Å². The van der Waals surface area contributed by atoms with E-state index in [0.29, 0.717) is 41.1 Å². The summed E-state index contributed by atoms with van der Waals surface area (Å²) < 4.78 is 28.0. The van der Waals surface area contributed by atoms with E-state index in [0.717, 1.165) is 47.5 Å². The number of pyridine rings is 2. The zero-order chi connectivity index (χ0) is 28.1. The van der Waals surface area contributed by atoms with E-state index >= 15 is 0 Å². The van der Waals surface area contributed by atoms with Crippen LogP contribution in [0.1, 0.15) is 17.5 Å². The lowest BCUT2D eigenvalue weighted by Gasteiger charge is -2.56. The number of fused-ring (bicyclic) bond motifs is 3. The smallest absolute Gasteiger partial charge is 0.138 e. The normalized spacial score (nSPS) is 18.4. The van der Waals surface area contributed by atoms with Crippen molar-refractivity contribution in [2.75, 3.05) is 24.7 Å². The van der Waals surface area contributed by atoms with Gasteiger partial charge in [0, 0.05) is 72.4 Å². The molecule has 0 radical (unpaired) electrons. The van der Waals surface area contributed by atoms with Gasteiger partial charge in [-0.15, -0.1) is 0 Å². The number of anilines is 1. The summed E-state index contributed by atoms with van der Waals surface area (Å²) in [6.45, 7) is 1.79. The van der Waals surface area contributed by atoms with Crippen LogP contribution >= 0.6 is 0 Å². The second-order valence-corrected chi connectivity index (χ2v) is 10.6. The Hall–Kier alpha value is -4.82. The Morgan fingerprint density at radius 1 is 1.07 bits per heavy atom. The van der Waals surface area contributed by atoms with Crippen molar-refractivity contribution in [3.8, 4) is 34.3 Å². The Morgan fingerprint density at radius 3 is 2.68 bits per heavy atom. The number of rotatable bonds is 7. The number of nitrogens with one attached hydrogen (secondary N) is 1. The molecule has 4 aromatic heterocycles. The van der Waals surface area contributed by atoms with Gasteiger partial charge in [-0.05, 0) is 48.9 Å². The zero-order valence-electron chi connectivity index (χ0n) is 22.0. The van der Waals surface area contributed by atoms with Gasteiger partial charge in [-0.1, -0.05) is 0 Å². The number of alkyl halides is 1. The summed E-state index contributed by atoms with van der Waals surface area (Å²) in [5, 5.41) is 25.2. The van der Waals surface area contributed by atoms with Crippen molar-refractivity contribution in [1.82, 2.24) is 29.6 Å². The average Bonchev–Trinajstić information content (AvgIpc) is 3.64. The van der Waals surface area contributed by atoms with Gasteiger partial charge in [0.05, 0.1) is 17.8 Å². The van der Waals surface area contributed by atoms with Gasteiger partial charge >= 0.3 is 0 Å². The van der Waals surface area contributed by atoms with Gasteiger partial charge in [0.2, 0.25) is 0 Å². The average molecular weight is 553 g/mol. The lowest BCUT2D eigenvalue weighted by molar-refractivity contribution is -0.00921. The van der Waals surface area contributed by atoms with Gasteiger partial charge < -0.3 is 15.0 Å². The van der Waals surface area contributed by atoms with Crippen molar-refractivity contribution >= 4 is 16.9 Å². The molecule has 0 saturated carbocycles. The number of aromatic nitrogens is 5. The second kappa shape index (κ2) is 9.98. The molecule has 41 heavy (non-hydrogen) atoms. The van der Waals surface area contributed by atoms with E-state index in [1.807, 2.05) is 24.3 Å². The summed E-state index contributed by atoms with van der Waals surface area (Å²) in [6.07, 6.45) is 6.13. The van der Waals surface area contributed by atoms with Crippen LogP contribution in [0.4, 0.5) is 14.6 Å². The second-order valence-electron chi connectivity index (χ2n) is 10.6. The molecule has 2 atom stereocenters. The number of aryl methyl sites for hydroxylation is 1. The van der Waals surface area contributed by atoms with Crippen molar-refractivity contribution in [1.29, 1.82) is 5.26 Å². The molecule has 9 nitrogen and oxygen atoms in total. The van der Waals surface area contributed by atoms with Gasteiger partial charge in [0.15, 0.2) is 0 Å². The van der Waals surface area contributed by atoms with Crippen LogP contribution in [-0.2, 0) is 13.1 Å².